The molecule has 0 aliphatic carbocycles. The van der Waals surface area contributed by atoms with Gasteiger partial charge in [0, 0.05) is 18.3 Å². The Bertz CT molecular complexity index is 934. The lowest BCUT2D eigenvalue weighted by atomic mass is 10.2. The van der Waals surface area contributed by atoms with Crippen LogP contribution in [0.25, 0.3) is 22.8 Å². The van der Waals surface area contributed by atoms with Crippen LogP contribution in [0.3, 0.4) is 0 Å². The van der Waals surface area contributed by atoms with E-state index in [2.05, 4.69) is 32.6 Å². The van der Waals surface area contributed by atoms with Gasteiger partial charge in [-0.25, -0.2) is 4.98 Å². The number of aromatic nitrogens is 3. The maximum absolute atomic E-state index is 5.35. The van der Waals surface area contributed by atoms with Gasteiger partial charge in [0.2, 0.25) is 5.82 Å². The molecule has 0 atom stereocenters. The number of pyridine rings is 1. The van der Waals surface area contributed by atoms with Gasteiger partial charge in [-0.2, -0.15) is 4.98 Å². The molecule has 2 aromatic carbocycles. The number of benzene rings is 2. The first-order valence-corrected chi connectivity index (χ1v) is 8.02. The van der Waals surface area contributed by atoms with Crippen molar-refractivity contribution in [2.24, 2.45) is 0 Å². The zero-order valence-corrected chi connectivity index (χ0v) is 13.5. The second-order valence-corrected chi connectivity index (χ2v) is 5.56. The van der Waals surface area contributed by atoms with Crippen molar-refractivity contribution in [3.05, 3.63) is 84.6 Å². The van der Waals surface area contributed by atoms with E-state index in [0.29, 0.717) is 11.7 Å². The molecular weight excluding hydrogens is 312 g/mol. The first kappa shape index (κ1) is 15.1. The molecule has 5 heteroatoms. The highest BCUT2D eigenvalue weighted by Crippen LogP contribution is 2.22. The molecule has 5 nitrogen and oxygen atoms in total. The molecule has 0 aliphatic heterocycles. The Balaban J connectivity index is 1.46. The second-order valence-electron chi connectivity index (χ2n) is 5.56. The lowest BCUT2D eigenvalue weighted by molar-refractivity contribution is 0.432. The average Bonchev–Trinajstić information content (AvgIpc) is 3.19. The van der Waals surface area contributed by atoms with Crippen LogP contribution in [0, 0.1) is 0 Å². The minimum Gasteiger partial charge on any atom is -0.366 e. The quantitative estimate of drug-likeness (QED) is 0.588. The first-order valence-electron chi connectivity index (χ1n) is 8.02. The van der Waals surface area contributed by atoms with E-state index in [1.807, 2.05) is 60.7 Å². The van der Waals surface area contributed by atoms with E-state index in [4.69, 9.17) is 4.52 Å². The minimum absolute atomic E-state index is 0.459. The van der Waals surface area contributed by atoms with Crippen molar-refractivity contribution in [1.82, 2.24) is 15.1 Å². The van der Waals surface area contributed by atoms with Crippen LogP contribution in [0.2, 0.25) is 0 Å². The molecule has 0 spiro atoms. The van der Waals surface area contributed by atoms with Crippen LogP contribution in [-0.2, 0) is 6.54 Å². The zero-order chi connectivity index (χ0) is 16.9. The highest BCUT2D eigenvalue weighted by Gasteiger charge is 2.10. The van der Waals surface area contributed by atoms with E-state index in [-0.39, 0.29) is 0 Å². The van der Waals surface area contributed by atoms with Gasteiger partial charge in [-0.15, -0.1) is 0 Å². The summed E-state index contributed by atoms with van der Waals surface area (Å²) in [6, 6.07) is 23.8. The molecule has 1 N–H and O–H groups in total. The van der Waals surface area contributed by atoms with Crippen LogP contribution in [0.15, 0.2) is 83.5 Å². The van der Waals surface area contributed by atoms with Crippen LogP contribution in [0.5, 0.6) is 0 Å². The van der Waals surface area contributed by atoms with E-state index in [0.717, 1.165) is 23.5 Å². The molecule has 0 unspecified atom stereocenters. The van der Waals surface area contributed by atoms with Gasteiger partial charge in [0.15, 0.2) is 0 Å². The lowest BCUT2D eigenvalue weighted by Crippen LogP contribution is -2.00. The fraction of sp³-hybridized carbons (Fsp3) is 0.0500. The summed E-state index contributed by atoms with van der Waals surface area (Å²) in [5.74, 6) is 1.83. The zero-order valence-electron chi connectivity index (χ0n) is 13.5. The van der Waals surface area contributed by atoms with Crippen molar-refractivity contribution in [3.8, 4) is 22.8 Å². The predicted octanol–water partition coefficient (Wildman–Crippen LogP) is 4.41. The predicted molar refractivity (Wildman–Crippen MR) is 96.7 cm³/mol. The molecule has 25 heavy (non-hydrogen) atoms. The summed E-state index contributed by atoms with van der Waals surface area (Å²) in [6.07, 6.45) is 1.73. The molecule has 0 radical (unpaired) electrons. The molecule has 2 aromatic heterocycles. The van der Waals surface area contributed by atoms with Gasteiger partial charge >= 0.3 is 0 Å². The van der Waals surface area contributed by atoms with Gasteiger partial charge in [-0.3, -0.25) is 0 Å². The van der Waals surface area contributed by atoms with Crippen molar-refractivity contribution < 1.29 is 4.52 Å². The number of nitrogens with zero attached hydrogens (tertiary/aromatic N) is 3. The van der Waals surface area contributed by atoms with E-state index in [1.165, 1.54) is 5.56 Å². The van der Waals surface area contributed by atoms with E-state index in [1.54, 1.807) is 6.20 Å². The lowest BCUT2D eigenvalue weighted by Gasteiger charge is -2.05. The SMILES string of the molecule is c1ccc(CNc2ccc(-c3nc(-c4ccccc4)no3)cn2)cc1. The molecule has 4 aromatic rings. The van der Waals surface area contributed by atoms with Gasteiger partial charge in [-0.05, 0) is 17.7 Å². The highest BCUT2D eigenvalue weighted by atomic mass is 16.5. The van der Waals surface area contributed by atoms with Gasteiger partial charge in [0.05, 0.1) is 5.56 Å². The Morgan fingerprint density at radius 3 is 2.28 bits per heavy atom. The van der Waals surface area contributed by atoms with Crippen molar-refractivity contribution >= 4 is 5.82 Å². The number of hydrogen-bond donors (Lipinski definition) is 1. The van der Waals surface area contributed by atoms with Crippen LogP contribution in [0.1, 0.15) is 5.56 Å². The third kappa shape index (κ3) is 3.55. The smallest absolute Gasteiger partial charge is 0.259 e. The molecule has 0 saturated heterocycles. The van der Waals surface area contributed by atoms with Crippen molar-refractivity contribution in [2.75, 3.05) is 5.32 Å². The standard InChI is InChI=1S/C20H16N4O/c1-3-7-15(8-4-1)13-21-18-12-11-17(14-22-18)20-23-19(24-25-20)16-9-5-2-6-10-16/h1-12,14H,13H2,(H,21,22). The fourth-order valence-electron chi connectivity index (χ4n) is 2.46. The summed E-state index contributed by atoms with van der Waals surface area (Å²) in [5, 5.41) is 7.32. The van der Waals surface area contributed by atoms with Crippen LogP contribution in [0.4, 0.5) is 5.82 Å². The maximum atomic E-state index is 5.35. The summed E-state index contributed by atoms with van der Waals surface area (Å²) in [4.78, 5) is 8.85. The van der Waals surface area contributed by atoms with Gasteiger partial charge in [0.25, 0.3) is 5.89 Å². The van der Waals surface area contributed by atoms with Crippen LogP contribution < -0.4 is 5.32 Å². The molecule has 0 amide bonds. The van der Waals surface area contributed by atoms with E-state index < -0.39 is 0 Å². The van der Waals surface area contributed by atoms with Gasteiger partial charge in [-0.1, -0.05) is 65.8 Å². The number of nitrogens with one attached hydrogen (secondary N) is 1. The Morgan fingerprint density at radius 2 is 1.56 bits per heavy atom. The summed E-state index contributed by atoms with van der Waals surface area (Å²) in [7, 11) is 0. The molecule has 0 aliphatic rings. The molecule has 2 heterocycles. The van der Waals surface area contributed by atoms with Gasteiger partial charge < -0.3 is 9.84 Å². The van der Waals surface area contributed by atoms with Gasteiger partial charge in [0.1, 0.15) is 5.82 Å². The topological polar surface area (TPSA) is 63.8 Å². The molecule has 4 rings (SSSR count). The van der Waals surface area contributed by atoms with Crippen LogP contribution >= 0.6 is 0 Å². The third-order valence-electron chi connectivity index (χ3n) is 3.78. The minimum atomic E-state index is 0.459. The summed E-state index contributed by atoms with van der Waals surface area (Å²) in [6.45, 7) is 0.728. The molecular formula is C20H16N4O. The van der Waals surface area contributed by atoms with E-state index in [9.17, 15) is 0 Å². The number of hydrogen-bond acceptors (Lipinski definition) is 5. The maximum Gasteiger partial charge on any atom is 0.259 e. The largest absolute Gasteiger partial charge is 0.366 e. The Hall–Kier alpha value is -3.47. The summed E-state index contributed by atoms with van der Waals surface area (Å²) >= 11 is 0. The molecule has 0 fully saturated rings. The Morgan fingerprint density at radius 1 is 0.800 bits per heavy atom. The Kier molecular flexibility index (Phi) is 4.20. The monoisotopic (exact) mass is 328 g/mol. The highest BCUT2D eigenvalue weighted by molar-refractivity contribution is 5.59. The number of rotatable bonds is 5. The average molecular weight is 328 g/mol. The Labute approximate surface area is 145 Å². The summed E-state index contributed by atoms with van der Waals surface area (Å²) in [5.41, 5.74) is 2.92. The summed E-state index contributed by atoms with van der Waals surface area (Å²) < 4.78 is 5.35. The fourth-order valence-corrected chi connectivity index (χ4v) is 2.46. The van der Waals surface area contributed by atoms with Crippen molar-refractivity contribution in [1.29, 1.82) is 0 Å². The first-order chi connectivity index (χ1) is 12.4. The van der Waals surface area contributed by atoms with Crippen LogP contribution in [-0.4, -0.2) is 15.1 Å². The number of anilines is 1. The molecule has 0 bridgehead atoms. The van der Waals surface area contributed by atoms with E-state index >= 15 is 0 Å². The molecule has 0 saturated carbocycles. The van der Waals surface area contributed by atoms with Crippen molar-refractivity contribution in [2.45, 2.75) is 6.54 Å². The second kappa shape index (κ2) is 6.97. The molecule has 122 valence electrons. The van der Waals surface area contributed by atoms with Crippen molar-refractivity contribution in [3.63, 3.8) is 0 Å². The normalized spacial score (nSPS) is 10.6. The third-order valence-corrected chi connectivity index (χ3v) is 3.78.